The summed E-state index contributed by atoms with van der Waals surface area (Å²) < 4.78 is 5.38. The Balaban J connectivity index is 1.76. The van der Waals surface area contributed by atoms with Crippen molar-refractivity contribution in [3.05, 3.63) is 11.3 Å². The van der Waals surface area contributed by atoms with Crippen LogP contribution in [0, 0.1) is 0 Å². The predicted molar refractivity (Wildman–Crippen MR) is 67.8 cm³/mol. The standard InChI is InChI=1S/C12H18N2OS/c1-2-4-11-10(3-1)9-16-12(13-11)14-5-7-15-8-6-14/h1-9H2. The summed E-state index contributed by atoms with van der Waals surface area (Å²) in [5, 5.41) is 1.24. The Bertz CT molecular complexity index is 332. The lowest BCUT2D eigenvalue weighted by Crippen LogP contribution is -2.40. The fourth-order valence-electron chi connectivity index (χ4n) is 2.46. The summed E-state index contributed by atoms with van der Waals surface area (Å²) in [7, 11) is 0. The number of aliphatic imine (C=N–C) groups is 1. The van der Waals surface area contributed by atoms with Gasteiger partial charge in [0.05, 0.1) is 13.2 Å². The number of amidine groups is 1. The van der Waals surface area contributed by atoms with Crippen molar-refractivity contribution < 1.29 is 4.74 Å². The van der Waals surface area contributed by atoms with Crippen LogP contribution in [0.1, 0.15) is 25.7 Å². The maximum Gasteiger partial charge on any atom is 0.164 e. The van der Waals surface area contributed by atoms with Gasteiger partial charge in [0.1, 0.15) is 0 Å². The second-order valence-corrected chi connectivity index (χ2v) is 5.48. The number of ether oxygens (including phenoxy) is 1. The minimum absolute atomic E-state index is 0.853. The molecule has 0 radical (unpaired) electrons. The van der Waals surface area contributed by atoms with E-state index in [1.54, 1.807) is 5.57 Å². The van der Waals surface area contributed by atoms with Gasteiger partial charge in [0.25, 0.3) is 0 Å². The van der Waals surface area contributed by atoms with Crippen molar-refractivity contribution >= 4 is 16.9 Å². The maximum atomic E-state index is 5.38. The van der Waals surface area contributed by atoms with Gasteiger partial charge in [-0.15, -0.1) is 0 Å². The second kappa shape index (κ2) is 4.80. The molecule has 3 nitrogen and oxygen atoms in total. The fraction of sp³-hybridized carbons (Fsp3) is 0.750. The van der Waals surface area contributed by atoms with Gasteiger partial charge >= 0.3 is 0 Å². The number of thioether (sulfide) groups is 1. The number of rotatable bonds is 0. The van der Waals surface area contributed by atoms with Crippen molar-refractivity contribution in [1.82, 2.24) is 4.90 Å². The molecule has 1 fully saturated rings. The number of morpholine rings is 1. The third-order valence-electron chi connectivity index (χ3n) is 3.44. The zero-order valence-electron chi connectivity index (χ0n) is 9.57. The first-order valence-electron chi connectivity index (χ1n) is 6.18. The Morgan fingerprint density at radius 1 is 1.12 bits per heavy atom. The van der Waals surface area contributed by atoms with Gasteiger partial charge in [-0.25, -0.2) is 4.99 Å². The summed E-state index contributed by atoms with van der Waals surface area (Å²) in [5.74, 6) is 1.17. The van der Waals surface area contributed by atoms with E-state index in [2.05, 4.69) is 4.90 Å². The molecular weight excluding hydrogens is 220 g/mol. The monoisotopic (exact) mass is 238 g/mol. The van der Waals surface area contributed by atoms with Gasteiger partial charge in [0, 0.05) is 24.5 Å². The quantitative estimate of drug-likeness (QED) is 0.647. The first kappa shape index (κ1) is 10.7. The number of hydrogen-bond acceptors (Lipinski definition) is 4. The lowest BCUT2D eigenvalue weighted by molar-refractivity contribution is 0.0693. The van der Waals surface area contributed by atoms with Crippen molar-refractivity contribution in [2.45, 2.75) is 25.7 Å². The van der Waals surface area contributed by atoms with E-state index in [4.69, 9.17) is 9.73 Å². The van der Waals surface area contributed by atoms with Crippen LogP contribution in [0.2, 0.25) is 0 Å². The van der Waals surface area contributed by atoms with E-state index in [-0.39, 0.29) is 0 Å². The molecule has 2 aliphatic heterocycles. The Hall–Kier alpha value is -0.480. The molecule has 16 heavy (non-hydrogen) atoms. The van der Waals surface area contributed by atoms with Gasteiger partial charge in [-0.1, -0.05) is 11.8 Å². The Morgan fingerprint density at radius 2 is 1.94 bits per heavy atom. The topological polar surface area (TPSA) is 24.8 Å². The van der Waals surface area contributed by atoms with Gasteiger partial charge in [0.2, 0.25) is 0 Å². The molecule has 3 aliphatic rings. The van der Waals surface area contributed by atoms with Crippen LogP contribution in [0.3, 0.4) is 0 Å². The zero-order chi connectivity index (χ0) is 10.8. The minimum atomic E-state index is 0.853. The molecule has 0 N–H and O–H groups in total. The summed E-state index contributed by atoms with van der Waals surface area (Å²) in [6.45, 7) is 3.72. The molecule has 0 unspecified atom stereocenters. The van der Waals surface area contributed by atoms with E-state index < -0.39 is 0 Å². The molecule has 1 saturated heterocycles. The molecule has 0 aromatic heterocycles. The van der Waals surface area contributed by atoms with Crippen LogP contribution in [0.15, 0.2) is 16.3 Å². The molecule has 0 aromatic rings. The number of allylic oxidation sites excluding steroid dienone is 1. The van der Waals surface area contributed by atoms with Crippen molar-refractivity contribution in [1.29, 1.82) is 0 Å². The number of hydrogen-bond donors (Lipinski definition) is 0. The van der Waals surface area contributed by atoms with Crippen LogP contribution in [-0.2, 0) is 4.74 Å². The van der Waals surface area contributed by atoms with E-state index in [1.165, 1.54) is 42.3 Å². The van der Waals surface area contributed by atoms with Gasteiger partial charge < -0.3 is 9.64 Å². The summed E-state index contributed by atoms with van der Waals surface area (Å²) in [6.07, 6.45) is 5.16. The summed E-state index contributed by atoms with van der Waals surface area (Å²) in [4.78, 5) is 7.24. The highest BCUT2D eigenvalue weighted by atomic mass is 32.2. The van der Waals surface area contributed by atoms with E-state index in [0.29, 0.717) is 0 Å². The SMILES string of the molecule is C1CCC2=C(C1)CSC(N1CCOCC1)=N2. The molecular formula is C12H18N2OS. The van der Waals surface area contributed by atoms with Gasteiger partial charge in [-0.2, -0.15) is 0 Å². The van der Waals surface area contributed by atoms with Crippen LogP contribution < -0.4 is 0 Å². The zero-order valence-corrected chi connectivity index (χ0v) is 10.4. The van der Waals surface area contributed by atoms with Gasteiger partial charge in [-0.3, -0.25) is 0 Å². The van der Waals surface area contributed by atoms with Crippen molar-refractivity contribution in [2.75, 3.05) is 32.1 Å². The molecule has 0 atom stereocenters. The Labute approximate surface area is 101 Å². The predicted octanol–water partition coefficient (Wildman–Crippen LogP) is 2.25. The van der Waals surface area contributed by atoms with E-state index >= 15 is 0 Å². The first-order valence-corrected chi connectivity index (χ1v) is 7.17. The largest absolute Gasteiger partial charge is 0.378 e. The molecule has 88 valence electrons. The lowest BCUT2D eigenvalue weighted by Gasteiger charge is -2.32. The highest BCUT2D eigenvalue weighted by molar-refractivity contribution is 8.14. The summed E-state index contributed by atoms with van der Waals surface area (Å²) in [6, 6.07) is 0. The van der Waals surface area contributed by atoms with E-state index in [0.717, 1.165) is 26.3 Å². The van der Waals surface area contributed by atoms with Gasteiger partial charge in [-0.05, 0) is 31.3 Å². The smallest absolute Gasteiger partial charge is 0.164 e. The van der Waals surface area contributed by atoms with Crippen LogP contribution in [0.4, 0.5) is 0 Å². The van der Waals surface area contributed by atoms with E-state index in [1.807, 2.05) is 11.8 Å². The highest BCUT2D eigenvalue weighted by Crippen LogP contribution is 2.33. The van der Waals surface area contributed by atoms with Crippen molar-refractivity contribution in [2.24, 2.45) is 4.99 Å². The molecule has 3 rings (SSSR count). The normalized spacial score (nSPS) is 26.5. The average Bonchev–Trinajstić information content (AvgIpc) is 2.39. The molecule has 2 heterocycles. The first-order chi connectivity index (χ1) is 7.93. The fourth-order valence-corrected chi connectivity index (χ4v) is 3.61. The van der Waals surface area contributed by atoms with Crippen LogP contribution >= 0.6 is 11.8 Å². The second-order valence-electron chi connectivity index (χ2n) is 4.54. The maximum absolute atomic E-state index is 5.38. The van der Waals surface area contributed by atoms with Crippen molar-refractivity contribution in [3.8, 4) is 0 Å². The highest BCUT2D eigenvalue weighted by Gasteiger charge is 2.23. The Kier molecular flexibility index (Phi) is 3.20. The van der Waals surface area contributed by atoms with E-state index in [9.17, 15) is 0 Å². The molecule has 0 bridgehead atoms. The molecule has 1 aliphatic carbocycles. The third-order valence-corrected chi connectivity index (χ3v) is 4.54. The van der Waals surface area contributed by atoms with Crippen LogP contribution in [0.5, 0.6) is 0 Å². The average molecular weight is 238 g/mol. The number of nitrogens with zero attached hydrogens (tertiary/aromatic N) is 2. The summed E-state index contributed by atoms with van der Waals surface area (Å²) in [5.41, 5.74) is 3.00. The lowest BCUT2D eigenvalue weighted by atomic mass is 9.98. The van der Waals surface area contributed by atoms with Crippen molar-refractivity contribution in [3.63, 3.8) is 0 Å². The third kappa shape index (κ3) is 2.13. The van der Waals surface area contributed by atoms with Gasteiger partial charge in [0.15, 0.2) is 5.17 Å². The molecule has 0 saturated carbocycles. The molecule has 0 aromatic carbocycles. The van der Waals surface area contributed by atoms with Crippen LogP contribution in [-0.4, -0.2) is 42.1 Å². The van der Waals surface area contributed by atoms with Crippen LogP contribution in [0.25, 0.3) is 0 Å². The minimum Gasteiger partial charge on any atom is -0.378 e. The molecule has 4 heteroatoms. The summed E-state index contributed by atoms with van der Waals surface area (Å²) >= 11 is 1.92. The molecule has 0 amide bonds. The Morgan fingerprint density at radius 3 is 2.81 bits per heavy atom. The molecule has 0 spiro atoms.